The van der Waals surface area contributed by atoms with Gasteiger partial charge in [-0.05, 0) is 36.1 Å². The van der Waals surface area contributed by atoms with Gasteiger partial charge in [0, 0.05) is 6.54 Å². The fourth-order valence-corrected chi connectivity index (χ4v) is 1.16. The van der Waals surface area contributed by atoms with Crippen LogP contribution in [0.1, 0.15) is 19.8 Å². The van der Waals surface area contributed by atoms with Crippen LogP contribution >= 0.6 is 0 Å². The highest BCUT2D eigenvalue weighted by atomic mass is 16.2. The second kappa shape index (κ2) is 2.73. The SMILES string of the molecule is CCn1nnn(CC2CC2)c1=O. The lowest BCUT2D eigenvalue weighted by atomic mass is 10.4. The van der Waals surface area contributed by atoms with E-state index in [1.807, 2.05) is 6.92 Å². The molecule has 1 aromatic rings. The lowest BCUT2D eigenvalue weighted by molar-refractivity contribution is 0.530. The molecule has 5 nitrogen and oxygen atoms in total. The van der Waals surface area contributed by atoms with Gasteiger partial charge in [-0.25, -0.2) is 4.79 Å². The molecule has 1 aliphatic rings. The normalized spacial score (nSPS) is 16.8. The van der Waals surface area contributed by atoms with E-state index in [0.717, 1.165) is 6.54 Å². The van der Waals surface area contributed by atoms with Crippen molar-refractivity contribution in [3.05, 3.63) is 10.5 Å². The first-order valence-corrected chi connectivity index (χ1v) is 4.32. The highest BCUT2D eigenvalue weighted by molar-refractivity contribution is 4.73. The number of hydrogen-bond acceptors (Lipinski definition) is 3. The van der Waals surface area contributed by atoms with Crippen molar-refractivity contribution in [1.82, 2.24) is 19.8 Å². The summed E-state index contributed by atoms with van der Waals surface area (Å²) >= 11 is 0. The van der Waals surface area contributed by atoms with Crippen molar-refractivity contribution in [1.29, 1.82) is 0 Å². The van der Waals surface area contributed by atoms with Crippen molar-refractivity contribution in [2.75, 3.05) is 0 Å². The maximum absolute atomic E-state index is 11.4. The van der Waals surface area contributed by atoms with E-state index in [4.69, 9.17) is 0 Å². The van der Waals surface area contributed by atoms with E-state index in [0.29, 0.717) is 12.5 Å². The van der Waals surface area contributed by atoms with Gasteiger partial charge in [-0.15, -0.1) is 0 Å². The van der Waals surface area contributed by atoms with Crippen molar-refractivity contribution >= 4 is 0 Å². The molecule has 12 heavy (non-hydrogen) atoms. The van der Waals surface area contributed by atoms with Gasteiger partial charge in [-0.2, -0.15) is 9.36 Å². The zero-order chi connectivity index (χ0) is 8.55. The van der Waals surface area contributed by atoms with Gasteiger partial charge >= 0.3 is 5.69 Å². The van der Waals surface area contributed by atoms with E-state index in [9.17, 15) is 4.79 Å². The Hall–Kier alpha value is -1.13. The lowest BCUT2D eigenvalue weighted by Crippen LogP contribution is -2.25. The molecule has 0 radical (unpaired) electrons. The predicted molar refractivity (Wildman–Crippen MR) is 42.7 cm³/mol. The van der Waals surface area contributed by atoms with Crippen LogP contribution in [0.5, 0.6) is 0 Å². The predicted octanol–water partition coefficient (Wildman–Crippen LogP) is -0.130. The molecule has 1 heterocycles. The third-order valence-electron chi connectivity index (χ3n) is 2.13. The fourth-order valence-electron chi connectivity index (χ4n) is 1.16. The van der Waals surface area contributed by atoms with Gasteiger partial charge in [0.2, 0.25) is 0 Å². The number of hydrogen-bond donors (Lipinski definition) is 0. The summed E-state index contributed by atoms with van der Waals surface area (Å²) in [5, 5.41) is 7.52. The Bertz CT molecular complexity index is 322. The van der Waals surface area contributed by atoms with Gasteiger partial charge in [0.05, 0.1) is 6.54 Å². The third-order valence-corrected chi connectivity index (χ3v) is 2.13. The largest absolute Gasteiger partial charge is 0.363 e. The first kappa shape index (κ1) is 7.52. The molecular formula is C7H12N4O. The van der Waals surface area contributed by atoms with Gasteiger partial charge in [0.25, 0.3) is 0 Å². The first-order valence-electron chi connectivity index (χ1n) is 4.32. The molecule has 1 fully saturated rings. The lowest BCUT2D eigenvalue weighted by Gasteiger charge is -1.92. The van der Waals surface area contributed by atoms with Crippen LogP contribution in [0.25, 0.3) is 0 Å². The zero-order valence-electron chi connectivity index (χ0n) is 7.10. The summed E-state index contributed by atoms with van der Waals surface area (Å²) in [5.74, 6) is 0.671. The molecule has 1 saturated carbocycles. The number of aromatic nitrogens is 4. The van der Waals surface area contributed by atoms with E-state index < -0.39 is 0 Å². The Morgan fingerprint density at radius 1 is 1.42 bits per heavy atom. The monoisotopic (exact) mass is 168 g/mol. The van der Waals surface area contributed by atoms with Crippen LogP contribution in [0.4, 0.5) is 0 Å². The number of nitrogens with zero attached hydrogens (tertiary/aromatic N) is 4. The number of aryl methyl sites for hydroxylation is 1. The van der Waals surface area contributed by atoms with Crippen molar-refractivity contribution in [2.45, 2.75) is 32.9 Å². The summed E-state index contributed by atoms with van der Waals surface area (Å²) in [4.78, 5) is 11.4. The zero-order valence-corrected chi connectivity index (χ0v) is 7.10. The Kier molecular flexibility index (Phi) is 1.71. The highest BCUT2D eigenvalue weighted by Crippen LogP contribution is 2.29. The molecule has 0 spiro atoms. The average Bonchev–Trinajstić information content (AvgIpc) is 2.80. The van der Waals surface area contributed by atoms with E-state index >= 15 is 0 Å². The van der Waals surface area contributed by atoms with E-state index in [1.54, 1.807) is 0 Å². The topological polar surface area (TPSA) is 52.7 Å². The molecule has 0 atom stereocenters. The third kappa shape index (κ3) is 1.26. The summed E-state index contributed by atoms with van der Waals surface area (Å²) in [5.41, 5.74) is -0.0793. The van der Waals surface area contributed by atoms with E-state index in [1.165, 1.54) is 22.2 Å². The van der Waals surface area contributed by atoms with Gasteiger partial charge < -0.3 is 0 Å². The Labute approximate surface area is 70.0 Å². The Morgan fingerprint density at radius 2 is 2.08 bits per heavy atom. The first-order chi connectivity index (χ1) is 5.81. The van der Waals surface area contributed by atoms with Crippen LogP contribution in [0, 0.1) is 5.92 Å². The second-order valence-corrected chi connectivity index (χ2v) is 3.20. The molecular weight excluding hydrogens is 156 g/mol. The quantitative estimate of drug-likeness (QED) is 0.631. The molecule has 0 bridgehead atoms. The minimum absolute atomic E-state index is 0.0793. The van der Waals surface area contributed by atoms with Crippen molar-refractivity contribution in [3.8, 4) is 0 Å². The van der Waals surface area contributed by atoms with Gasteiger partial charge in [-0.1, -0.05) is 0 Å². The summed E-state index contributed by atoms with van der Waals surface area (Å²) < 4.78 is 2.84. The molecule has 0 aromatic carbocycles. The molecule has 0 amide bonds. The molecule has 66 valence electrons. The molecule has 1 aliphatic carbocycles. The van der Waals surface area contributed by atoms with Gasteiger partial charge in [0.1, 0.15) is 0 Å². The molecule has 0 unspecified atom stereocenters. The van der Waals surface area contributed by atoms with Crippen LogP contribution in [-0.2, 0) is 13.1 Å². The van der Waals surface area contributed by atoms with E-state index in [-0.39, 0.29) is 5.69 Å². The minimum atomic E-state index is -0.0793. The Balaban J connectivity index is 2.19. The molecule has 0 aliphatic heterocycles. The highest BCUT2D eigenvalue weighted by Gasteiger charge is 2.23. The molecule has 1 aromatic heterocycles. The van der Waals surface area contributed by atoms with Crippen molar-refractivity contribution in [2.24, 2.45) is 5.92 Å². The molecule has 0 saturated heterocycles. The minimum Gasteiger partial charge on any atom is -0.244 e. The van der Waals surface area contributed by atoms with Crippen LogP contribution in [0.15, 0.2) is 4.79 Å². The van der Waals surface area contributed by atoms with Crippen LogP contribution in [-0.4, -0.2) is 19.8 Å². The Morgan fingerprint density at radius 3 is 2.58 bits per heavy atom. The number of tetrazole rings is 1. The number of rotatable bonds is 3. The maximum Gasteiger partial charge on any atom is 0.363 e. The van der Waals surface area contributed by atoms with Crippen LogP contribution in [0.3, 0.4) is 0 Å². The molecule has 0 N–H and O–H groups in total. The molecule has 2 rings (SSSR count). The van der Waals surface area contributed by atoms with Crippen LogP contribution in [0.2, 0.25) is 0 Å². The maximum atomic E-state index is 11.4. The summed E-state index contributed by atoms with van der Waals surface area (Å²) in [6.07, 6.45) is 2.46. The standard InChI is InChI=1S/C7H12N4O/c1-2-10-7(12)11(9-8-10)5-6-3-4-6/h6H,2-5H2,1H3. The summed E-state index contributed by atoms with van der Waals surface area (Å²) in [6.45, 7) is 3.24. The fraction of sp³-hybridized carbons (Fsp3) is 0.857. The second-order valence-electron chi connectivity index (χ2n) is 3.20. The van der Waals surface area contributed by atoms with E-state index in [2.05, 4.69) is 10.4 Å². The van der Waals surface area contributed by atoms with Crippen LogP contribution < -0.4 is 5.69 Å². The molecule has 5 heteroatoms. The van der Waals surface area contributed by atoms with Gasteiger partial charge in [0.15, 0.2) is 0 Å². The van der Waals surface area contributed by atoms with Crippen molar-refractivity contribution < 1.29 is 0 Å². The smallest absolute Gasteiger partial charge is 0.244 e. The summed E-state index contributed by atoms with van der Waals surface area (Å²) in [7, 11) is 0. The summed E-state index contributed by atoms with van der Waals surface area (Å²) in [6, 6.07) is 0. The van der Waals surface area contributed by atoms with Crippen molar-refractivity contribution in [3.63, 3.8) is 0 Å². The van der Waals surface area contributed by atoms with Gasteiger partial charge in [-0.3, -0.25) is 0 Å². The average molecular weight is 168 g/mol.